The van der Waals surface area contributed by atoms with E-state index >= 15 is 0 Å². The smallest absolute Gasteiger partial charge is 0.330 e. The van der Waals surface area contributed by atoms with Crippen LogP contribution in [-0.2, 0) is 4.79 Å². The maximum atomic E-state index is 11.3. The molecule has 0 aromatic rings. The molecule has 1 N–H and O–H groups in total. The summed E-state index contributed by atoms with van der Waals surface area (Å²) in [5.74, 6) is -0.742. The van der Waals surface area contributed by atoms with E-state index in [0.29, 0.717) is 16.7 Å². The number of hydrogen-bond donors (Lipinski definition) is 1. The van der Waals surface area contributed by atoms with E-state index in [4.69, 9.17) is 0 Å². The van der Waals surface area contributed by atoms with Gasteiger partial charge >= 0.3 is 5.97 Å². The Morgan fingerprint density at radius 1 is 1.11 bits per heavy atom. The molecular weight excluding hydrogens is 252 g/mol. The lowest BCUT2D eigenvalue weighted by molar-refractivity contribution is -0.132. The minimum absolute atomic E-state index is 0.569. The highest BCUT2D eigenvalue weighted by Crippen LogP contribution is 2.49. The van der Waals surface area contributed by atoms with Crippen LogP contribution in [0.2, 0.25) is 16.6 Å². The monoisotopic (exact) mass is 282 g/mol. The quantitative estimate of drug-likeness (QED) is 0.558. The summed E-state index contributed by atoms with van der Waals surface area (Å²) in [6, 6.07) is 0. The lowest BCUT2D eigenvalue weighted by Gasteiger charge is -2.45. The van der Waals surface area contributed by atoms with Crippen LogP contribution in [0.3, 0.4) is 0 Å². The van der Waals surface area contributed by atoms with Crippen molar-refractivity contribution in [1.29, 1.82) is 0 Å². The molecular formula is C16H30O2Si. The van der Waals surface area contributed by atoms with Crippen LogP contribution < -0.4 is 0 Å². The zero-order valence-corrected chi connectivity index (χ0v) is 14.2. The van der Waals surface area contributed by atoms with Gasteiger partial charge in [-0.1, -0.05) is 65.5 Å². The van der Waals surface area contributed by atoms with Crippen LogP contribution in [0.1, 0.15) is 66.7 Å². The van der Waals surface area contributed by atoms with Gasteiger partial charge in [0.25, 0.3) is 0 Å². The number of rotatable bonds is 5. The van der Waals surface area contributed by atoms with E-state index in [1.807, 2.05) is 0 Å². The summed E-state index contributed by atoms with van der Waals surface area (Å²) in [5, 5.41) is 9.26. The Morgan fingerprint density at radius 3 is 1.95 bits per heavy atom. The second-order valence-corrected chi connectivity index (χ2v) is 12.2. The summed E-state index contributed by atoms with van der Waals surface area (Å²) in [4.78, 5) is 11.3. The average molecular weight is 282 g/mol. The summed E-state index contributed by atoms with van der Waals surface area (Å²) >= 11 is 0. The average Bonchev–Trinajstić information content (AvgIpc) is 2.35. The van der Waals surface area contributed by atoms with E-state index in [0.717, 1.165) is 5.54 Å². The van der Waals surface area contributed by atoms with Gasteiger partial charge in [-0.05, 0) is 23.5 Å². The van der Waals surface area contributed by atoms with E-state index in [1.54, 1.807) is 6.92 Å². The molecule has 0 amide bonds. The van der Waals surface area contributed by atoms with Crippen LogP contribution in [0.4, 0.5) is 0 Å². The van der Waals surface area contributed by atoms with Crippen LogP contribution >= 0.6 is 0 Å². The molecule has 1 rings (SSSR count). The number of carbonyl (C=O) groups is 1. The van der Waals surface area contributed by atoms with Gasteiger partial charge in [-0.2, -0.15) is 0 Å². The largest absolute Gasteiger partial charge is 0.478 e. The Kier molecular flexibility index (Phi) is 5.84. The van der Waals surface area contributed by atoms with Crippen molar-refractivity contribution < 1.29 is 9.90 Å². The van der Waals surface area contributed by atoms with Crippen LogP contribution in [0.15, 0.2) is 11.3 Å². The highest BCUT2D eigenvalue weighted by atomic mass is 28.3. The third kappa shape index (κ3) is 3.50. The Bertz CT molecular complexity index is 331. The van der Waals surface area contributed by atoms with Crippen molar-refractivity contribution >= 4 is 14.0 Å². The SMILES string of the molecule is CC(=C[Si](C(C)C)(C(C)C)C1CCCCC1)C(=O)O. The first-order valence-corrected chi connectivity index (χ1v) is 10.1. The molecule has 1 fully saturated rings. The molecule has 1 saturated carbocycles. The van der Waals surface area contributed by atoms with E-state index in [-0.39, 0.29) is 0 Å². The first kappa shape index (κ1) is 16.5. The molecule has 0 aliphatic heterocycles. The molecule has 2 nitrogen and oxygen atoms in total. The van der Waals surface area contributed by atoms with Gasteiger partial charge in [-0.15, -0.1) is 0 Å². The van der Waals surface area contributed by atoms with Crippen molar-refractivity contribution in [2.75, 3.05) is 0 Å². The van der Waals surface area contributed by atoms with Gasteiger partial charge < -0.3 is 5.11 Å². The fraction of sp³-hybridized carbons (Fsp3) is 0.812. The van der Waals surface area contributed by atoms with Gasteiger partial charge in [0, 0.05) is 5.57 Å². The second kappa shape index (κ2) is 6.73. The molecule has 0 saturated heterocycles. The summed E-state index contributed by atoms with van der Waals surface area (Å²) in [5.41, 5.74) is 4.80. The Hall–Kier alpha value is -0.573. The van der Waals surface area contributed by atoms with Crippen molar-refractivity contribution in [2.24, 2.45) is 0 Å². The lowest BCUT2D eigenvalue weighted by atomic mass is 10.0. The fourth-order valence-corrected chi connectivity index (χ4v) is 10.5. The minimum Gasteiger partial charge on any atom is -0.478 e. The topological polar surface area (TPSA) is 37.3 Å². The van der Waals surface area contributed by atoms with Crippen LogP contribution in [0.5, 0.6) is 0 Å². The third-order valence-electron chi connectivity index (χ3n) is 5.12. The van der Waals surface area contributed by atoms with Crippen molar-refractivity contribution in [1.82, 2.24) is 0 Å². The fourth-order valence-electron chi connectivity index (χ4n) is 4.10. The maximum Gasteiger partial charge on any atom is 0.330 e. The van der Waals surface area contributed by atoms with E-state index in [9.17, 15) is 9.90 Å². The number of carboxylic acid groups (broad SMARTS) is 1. The molecule has 3 heteroatoms. The Balaban J connectivity index is 3.20. The van der Waals surface area contributed by atoms with Crippen molar-refractivity contribution in [2.45, 2.75) is 83.3 Å². The van der Waals surface area contributed by atoms with E-state index in [1.165, 1.54) is 32.1 Å². The standard InChI is InChI=1S/C16H30O2Si/c1-12(2)19(13(3)4,11-14(5)16(17)18)15-9-7-6-8-10-15/h11-13,15H,6-10H2,1-5H3,(H,17,18). The van der Waals surface area contributed by atoms with Crippen LogP contribution in [0, 0.1) is 0 Å². The van der Waals surface area contributed by atoms with E-state index < -0.39 is 14.0 Å². The molecule has 110 valence electrons. The predicted molar refractivity (Wildman–Crippen MR) is 84.2 cm³/mol. The molecule has 0 aromatic heterocycles. The number of carboxylic acids is 1. The van der Waals surface area contributed by atoms with Gasteiger partial charge in [-0.25, -0.2) is 4.79 Å². The highest BCUT2D eigenvalue weighted by Gasteiger charge is 2.45. The first-order valence-electron chi connectivity index (χ1n) is 7.75. The van der Waals surface area contributed by atoms with Crippen molar-refractivity contribution in [3.05, 3.63) is 11.3 Å². The van der Waals surface area contributed by atoms with Gasteiger partial charge in [-0.3, -0.25) is 0 Å². The predicted octanol–water partition coefficient (Wildman–Crippen LogP) is 5.16. The van der Waals surface area contributed by atoms with Crippen LogP contribution in [-0.4, -0.2) is 19.1 Å². The second-order valence-electron chi connectivity index (χ2n) is 6.78. The molecule has 1 aliphatic carbocycles. The first-order chi connectivity index (χ1) is 8.82. The summed E-state index contributed by atoms with van der Waals surface area (Å²) in [6.07, 6.45) is 6.65. The lowest BCUT2D eigenvalue weighted by Crippen LogP contribution is -2.46. The highest BCUT2D eigenvalue weighted by molar-refractivity contribution is 6.88. The van der Waals surface area contributed by atoms with Gasteiger partial charge in [0.1, 0.15) is 0 Å². The van der Waals surface area contributed by atoms with Gasteiger partial charge in [0.05, 0.1) is 8.07 Å². The summed E-state index contributed by atoms with van der Waals surface area (Å²) in [6.45, 7) is 11.0. The molecule has 0 heterocycles. The molecule has 0 unspecified atom stereocenters. The zero-order chi connectivity index (χ0) is 14.6. The molecule has 19 heavy (non-hydrogen) atoms. The van der Waals surface area contributed by atoms with Gasteiger partial charge in [0.2, 0.25) is 0 Å². The minimum atomic E-state index is -1.72. The van der Waals surface area contributed by atoms with Crippen LogP contribution in [0.25, 0.3) is 0 Å². The Morgan fingerprint density at radius 2 is 1.58 bits per heavy atom. The van der Waals surface area contributed by atoms with Crippen molar-refractivity contribution in [3.8, 4) is 0 Å². The number of hydrogen-bond acceptors (Lipinski definition) is 1. The van der Waals surface area contributed by atoms with Crippen molar-refractivity contribution in [3.63, 3.8) is 0 Å². The molecule has 0 bridgehead atoms. The molecule has 1 aliphatic rings. The normalized spacial score (nSPS) is 19.2. The van der Waals surface area contributed by atoms with Gasteiger partial charge in [0.15, 0.2) is 0 Å². The van der Waals surface area contributed by atoms with E-state index in [2.05, 4.69) is 33.4 Å². The number of aliphatic carboxylic acids is 1. The molecule has 0 aromatic carbocycles. The summed E-state index contributed by atoms with van der Waals surface area (Å²) < 4.78 is 0. The third-order valence-corrected chi connectivity index (χ3v) is 12.0. The maximum absolute atomic E-state index is 11.3. The zero-order valence-electron chi connectivity index (χ0n) is 13.2. The summed E-state index contributed by atoms with van der Waals surface area (Å²) in [7, 11) is -1.72. The molecule has 0 atom stereocenters. The Labute approximate surface area is 119 Å². The molecule has 0 radical (unpaired) electrons. The molecule has 0 spiro atoms.